The largest absolute Gasteiger partial charge is 0.458 e. The Morgan fingerprint density at radius 1 is 1.20 bits per heavy atom. The molecule has 0 N–H and O–H groups in total. The number of nitrogens with zero attached hydrogens (tertiary/aromatic N) is 3. The van der Waals surface area contributed by atoms with Gasteiger partial charge in [-0.25, -0.2) is 4.79 Å². The smallest absolute Gasteiger partial charge is 0.405 e. The van der Waals surface area contributed by atoms with Gasteiger partial charge in [0, 0.05) is 5.69 Å². The molecule has 5 nitrogen and oxygen atoms in total. The van der Waals surface area contributed by atoms with Gasteiger partial charge in [-0.2, -0.15) is 23.7 Å². The summed E-state index contributed by atoms with van der Waals surface area (Å²) in [6.07, 6.45) is -4.57. The molecule has 134 valence electrons. The average molecular weight is 353 g/mol. The molecule has 1 atom stereocenters. The number of esters is 1. The van der Waals surface area contributed by atoms with Gasteiger partial charge in [0.2, 0.25) is 0 Å². The lowest BCUT2D eigenvalue weighted by molar-refractivity contribution is -0.157. The number of alkyl halides is 3. The number of carbonyl (C=O) groups excluding carboxylic acids is 1. The van der Waals surface area contributed by atoms with Crippen molar-refractivity contribution >= 4 is 11.7 Å². The second-order valence-corrected chi connectivity index (χ2v) is 6.41. The van der Waals surface area contributed by atoms with Crippen LogP contribution in [0.3, 0.4) is 0 Å². The predicted molar refractivity (Wildman–Crippen MR) is 84.6 cm³/mol. The fourth-order valence-corrected chi connectivity index (χ4v) is 2.06. The van der Waals surface area contributed by atoms with Gasteiger partial charge in [0.25, 0.3) is 0 Å². The van der Waals surface area contributed by atoms with Gasteiger partial charge in [0.15, 0.2) is 0 Å². The summed E-state index contributed by atoms with van der Waals surface area (Å²) in [5.74, 6) is -0.820. The minimum absolute atomic E-state index is 0.00577. The molecule has 0 spiro atoms. The van der Waals surface area contributed by atoms with E-state index in [-0.39, 0.29) is 16.8 Å². The number of hydrogen-bond donors (Lipinski definition) is 0. The highest BCUT2D eigenvalue weighted by molar-refractivity contribution is 5.80. The van der Waals surface area contributed by atoms with Crippen LogP contribution in [0.2, 0.25) is 0 Å². The molecular weight excluding hydrogens is 335 g/mol. The van der Waals surface area contributed by atoms with Gasteiger partial charge in [-0.1, -0.05) is 0 Å². The molecule has 1 unspecified atom stereocenters. The Morgan fingerprint density at radius 3 is 2.20 bits per heavy atom. The molecule has 0 radical (unpaired) electrons. The standard InChI is InChI=1S/C17H18F3N3O2/c1-11(15(24)25-16(2,3)4)23(10-17(18,19)20)14-6-5-12(8-21)13(7-14)9-22/h5-7,11H,10H2,1-4H3. The van der Waals surface area contributed by atoms with Gasteiger partial charge < -0.3 is 9.64 Å². The number of carbonyl (C=O) groups is 1. The van der Waals surface area contributed by atoms with E-state index in [0.717, 1.165) is 11.0 Å². The second-order valence-electron chi connectivity index (χ2n) is 6.41. The minimum Gasteiger partial charge on any atom is -0.458 e. The molecule has 0 aliphatic rings. The summed E-state index contributed by atoms with van der Waals surface area (Å²) in [6.45, 7) is 4.73. The first-order valence-corrected chi connectivity index (χ1v) is 7.38. The molecule has 0 aliphatic heterocycles. The van der Waals surface area contributed by atoms with E-state index in [0.29, 0.717) is 0 Å². The number of hydrogen-bond acceptors (Lipinski definition) is 5. The van der Waals surface area contributed by atoms with Crippen LogP contribution in [0.25, 0.3) is 0 Å². The van der Waals surface area contributed by atoms with Crippen molar-refractivity contribution in [1.82, 2.24) is 0 Å². The second kappa shape index (κ2) is 7.43. The third-order valence-corrected chi connectivity index (χ3v) is 3.14. The van der Waals surface area contributed by atoms with Gasteiger partial charge in [-0.05, 0) is 45.9 Å². The van der Waals surface area contributed by atoms with Crippen molar-refractivity contribution in [2.75, 3.05) is 11.4 Å². The monoisotopic (exact) mass is 353 g/mol. The van der Waals surface area contributed by atoms with Gasteiger partial charge in [0.1, 0.15) is 30.3 Å². The molecule has 0 aliphatic carbocycles. The molecule has 0 fully saturated rings. The first-order chi connectivity index (χ1) is 11.4. The van der Waals surface area contributed by atoms with Gasteiger partial charge >= 0.3 is 12.1 Å². The lowest BCUT2D eigenvalue weighted by Gasteiger charge is -2.32. The minimum atomic E-state index is -4.57. The maximum Gasteiger partial charge on any atom is 0.405 e. The van der Waals surface area contributed by atoms with Gasteiger partial charge in [-0.15, -0.1) is 0 Å². The van der Waals surface area contributed by atoms with E-state index < -0.39 is 30.3 Å². The van der Waals surface area contributed by atoms with Crippen LogP contribution in [0, 0.1) is 22.7 Å². The van der Waals surface area contributed by atoms with Crippen LogP contribution in [0.15, 0.2) is 18.2 Å². The molecule has 0 saturated heterocycles. The van der Waals surface area contributed by atoms with Crippen molar-refractivity contribution in [1.29, 1.82) is 10.5 Å². The molecule has 0 aromatic heterocycles. The zero-order chi connectivity index (χ0) is 19.4. The molecule has 1 aromatic rings. The Balaban J connectivity index is 3.28. The summed E-state index contributed by atoms with van der Waals surface area (Å²) in [6, 6.07) is 5.99. The summed E-state index contributed by atoms with van der Waals surface area (Å²) in [5.41, 5.74) is -0.865. The highest BCUT2D eigenvalue weighted by Gasteiger charge is 2.36. The van der Waals surface area contributed by atoms with E-state index in [4.69, 9.17) is 15.3 Å². The maximum atomic E-state index is 13.0. The number of rotatable bonds is 4. The number of halogens is 3. The van der Waals surface area contributed by atoms with E-state index in [1.54, 1.807) is 32.9 Å². The molecule has 1 aromatic carbocycles. The highest BCUT2D eigenvalue weighted by Crippen LogP contribution is 2.27. The van der Waals surface area contributed by atoms with Crippen LogP contribution in [0.5, 0.6) is 0 Å². The number of ether oxygens (including phenoxy) is 1. The summed E-state index contributed by atoms with van der Waals surface area (Å²) >= 11 is 0. The zero-order valence-electron chi connectivity index (χ0n) is 14.3. The van der Waals surface area contributed by atoms with Crippen LogP contribution in [-0.2, 0) is 9.53 Å². The number of nitriles is 2. The molecule has 8 heteroatoms. The number of anilines is 1. The fraction of sp³-hybridized carbons (Fsp3) is 0.471. The number of benzene rings is 1. The van der Waals surface area contributed by atoms with E-state index in [1.165, 1.54) is 19.1 Å². The fourth-order valence-electron chi connectivity index (χ4n) is 2.06. The van der Waals surface area contributed by atoms with Crippen LogP contribution < -0.4 is 4.90 Å². The highest BCUT2D eigenvalue weighted by atomic mass is 19.4. The molecule has 25 heavy (non-hydrogen) atoms. The first-order valence-electron chi connectivity index (χ1n) is 7.38. The Kier molecular flexibility index (Phi) is 6.04. The van der Waals surface area contributed by atoms with Crippen LogP contribution in [-0.4, -0.2) is 30.3 Å². The van der Waals surface area contributed by atoms with Crippen molar-refractivity contribution in [3.05, 3.63) is 29.3 Å². The Bertz CT molecular complexity index is 725. The topological polar surface area (TPSA) is 77.1 Å². The first kappa shape index (κ1) is 20.3. The summed E-state index contributed by atoms with van der Waals surface area (Å²) in [4.78, 5) is 13.0. The molecule has 0 saturated carbocycles. The normalized spacial score (nSPS) is 12.7. The molecule has 0 bridgehead atoms. The zero-order valence-corrected chi connectivity index (χ0v) is 14.3. The molecular formula is C17H18F3N3O2. The predicted octanol–water partition coefficient (Wildman–Crippen LogP) is 3.53. The summed E-state index contributed by atoms with van der Waals surface area (Å²) < 4.78 is 44.1. The van der Waals surface area contributed by atoms with Crippen LogP contribution in [0.1, 0.15) is 38.8 Å². The van der Waals surface area contributed by atoms with Gasteiger partial charge in [0.05, 0.1) is 11.1 Å². The summed E-state index contributed by atoms with van der Waals surface area (Å²) in [5, 5.41) is 18.0. The SMILES string of the molecule is CC(C(=O)OC(C)(C)C)N(CC(F)(F)F)c1ccc(C#N)c(C#N)c1. The van der Waals surface area contributed by atoms with Crippen molar-refractivity contribution in [3.63, 3.8) is 0 Å². The van der Waals surface area contributed by atoms with Gasteiger partial charge in [-0.3, -0.25) is 0 Å². The Labute approximate surface area is 144 Å². The third kappa shape index (κ3) is 6.00. The quantitative estimate of drug-likeness (QED) is 0.774. The van der Waals surface area contributed by atoms with Crippen LogP contribution >= 0.6 is 0 Å². The van der Waals surface area contributed by atoms with E-state index in [1.807, 2.05) is 0 Å². The van der Waals surface area contributed by atoms with E-state index >= 15 is 0 Å². The lowest BCUT2D eigenvalue weighted by atomic mass is 10.1. The average Bonchev–Trinajstić information content (AvgIpc) is 2.48. The Hall–Kier alpha value is -2.74. The molecule has 1 rings (SSSR count). The van der Waals surface area contributed by atoms with E-state index in [2.05, 4.69) is 0 Å². The Morgan fingerprint density at radius 2 is 1.76 bits per heavy atom. The summed E-state index contributed by atoms with van der Waals surface area (Å²) in [7, 11) is 0. The van der Waals surface area contributed by atoms with E-state index in [9.17, 15) is 18.0 Å². The molecule has 0 heterocycles. The molecule has 0 amide bonds. The van der Waals surface area contributed by atoms with Crippen molar-refractivity contribution in [3.8, 4) is 12.1 Å². The third-order valence-electron chi connectivity index (χ3n) is 3.14. The van der Waals surface area contributed by atoms with Crippen molar-refractivity contribution in [2.45, 2.75) is 45.5 Å². The van der Waals surface area contributed by atoms with Crippen molar-refractivity contribution < 1.29 is 22.7 Å². The maximum absolute atomic E-state index is 13.0. The lowest BCUT2D eigenvalue weighted by Crippen LogP contribution is -2.46. The van der Waals surface area contributed by atoms with Crippen molar-refractivity contribution in [2.24, 2.45) is 0 Å². The van der Waals surface area contributed by atoms with Crippen LogP contribution in [0.4, 0.5) is 18.9 Å².